The second kappa shape index (κ2) is 6.89. The molecule has 0 aliphatic heterocycles. The number of nitrogens with one attached hydrogen (secondary N) is 2. The molecule has 0 radical (unpaired) electrons. The third-order valence-electron chi connectivity index (χ3n) is 4.79. The van der Waals surface area contributed by atoms with Gasteiger partial charge in [0.1, 0.15) is 4.90 Å². The largest absolute Gasteiger partial charge is 0.321 e. The fourth-order valence-corrected chi connectivity index (χ4v) is 4.78. The Morgan fingerprint density at radius 1 is 1.03 bits per heavy atom. The topological polar surface area (TPSA) is 96.8 Å². The number of imidazole rings is 1. The van der Waals surface area contributed by atoms with Gasteiger partial charge < -0.3 is 9.55 Å². The number of rotatable bonds is 4. The highest BCUT2D eigenvalue weighted by Crippen LogP contribution is 2.27. The monoisotopic (exact) mass is 408 g/mol. The van der Waals surface area contributed by atoms with Crippen LogP contribution in [0.2, 0.25) is 0 Å². The summed E-state index contributed by atoms with van der Waals surface area (Å²) in [5.74, 6) is 0. The summed E-state index contributed by atoms with van der Waals surface area (Å²) in [5, 5.41) is 0.705. The Bertz CT molecular complexity index is 1390. The third kappa shape index (κ3) is 3.54. The van der Waals surface area contributed by atoms with Crippen LogP contribution in [0.15, 0.2) is 64.8 Å². The summed E-state index contributed by atoms with van der Waals surface area (Å²) in [6.07, 6.45) is 5.19. The molecule has 29 heavy (non-hydrogen) atoms. The minimum absolute atomic E-state index is 0.0460. The van der Waals surface area contributed by atoms with Crippen molar-refractivity contribution in [3.8, 4) is 5.69 Å². The Labute approximate surface area is 168 Å². The van der Waals surface area contributed by atoms with Gasteiger partial charge >= 0.3 is 0 Å². The van der Waals surface area contributed by atoms with Crippen molar-refractivity contribution in [3.63, 3.8) is 0 Å². The third-order valence-corrected chi connectivity index (χ3v) is 6.19. The van der Waals surface area contributed by atoms with E-state index in [4.69, 9.17) is 0 Å². The molecule has 0 aliphatic rings. The molecule has 0 unspecified atom stereocenters. The molecule has 4 aromatic rings. The van der Waals surface area contributed by atoms with E-state index in [0.717, 1.165) is 22.4 Å². The maximum Gasteiger partial charge on any atom is 0.263 e. The first-order valence-electron chi connectivity index (χ1n) is 9.01. The van der Waals surface area contributed by atoms with Gasteiger partial charge in [0.15, 0.2) is 0 Å². The summed E-state index contributed by atoms with van der Waals surface area (Å²) in [5.41, 5.74) is 3.73. The van der Waals surface area contributed by atoms with Crippen molar-refractivity contribution in [2.75, 3.05) is 4.72 Å². The molecule has 0 bridgehead atoms. The summed E-state index contributed by atoms with van der Waals surface area (Å²) in [6, 6.07) is 10.2. The van der Waals surface area contributed by atoms with Crippen LogP contribution in [0.3, 0.4) is 0 Å². The average molecular weight is 408 g/mol. The highest BCUT2D eigenvalue weighted by molar-refractivity contribution is 7.93. The molecule has 0 spiro atoms. The summed E-state index contributed by atoms with van der Waals surface area (Å²) in [6.45, 7) is 5.52. The van der Waals surface area contributed by atoms with Crippen molar-refractivity contribution in [2.45, 2.75) is 25.7 Å². The lowest BCUT2D eigenvalue weighted by atomic mass is 10.1. The van der Waals surface area contributed by atoms with E-state index in [-0.39, 0.29) is 10.5 Å². The molecule has 148 valence electrons. The SMILES string of the molecule is Cc1cc(S(=O)(=O)Nc2ccc(-n3ccnc3)c(C)c2)c2[nH]c(=O)cc(C)c2c1. The Hall–Kier alpha value is -3.39. The Balaban J connectivity index is 1.79. The van der Waals surface area contributed by atoms with Crippen molar-refractivity contribution in [1.29, 1.82) is 0 Å². The first-order chi connectivity index (χ1) is 13.7. The number of anilines is 1. The number of fused-ring (bicyclic) bond motifs is 1. The number of pyridine rings is 1. The van der Waals surface area contributed by atoms with Crippen LogP contribution in [0.1, 0.15) is 16.7 Å². The fourth-order valence-electron chi connectivity index (χ4n) is 3.46. The molecule has 4 rings (SSSR count). The zero-order valence-electron chi connectivity index (χ0n) is 16.2. The van der Waals surface area contributed by atoms with Gasteiger partial charge in [0.2, 0.25) is 5.56 Å². The Morgan fingerprint density at radius 3 is 2.52 bits per heavy atom. The molecule has 0 aliphatic carbocycles. The van der Waals surface area contributed by atoms with Crippen LogP contribution in [-0.4, -0.2) is 23.0 Å². The van der Waals surface area contributed by atoms with Crippen LogP contribution in [0.5, 0.6) is 0 Å². The minimum atomic E-state index is -3.92. The van der Waals surface area contributed by atoms with Crippen molar-refractivity contribution >= 4 is 26.6 Å². The van der Waals surface area contributed by atoms with E-state index < -0.39 is 10.0 Å². The summed E-state index contributed by atoms with van der Waals surface area (Å²) in [4.78, 5) is 18.7. The molecule has 0 atom stereocenters. The molecule has 8 heteroatoms. The number of aryl methyl sites for hydroxylation is 3. The molecule has 0 saturated heterocycles. The second-order valence-corrected chi connectivity index (χ2v) is 8.73. The number of benzene rings is 2. The summed E-state index contributed by atoms with van der Waals surface area (Å²) < 4.78 is 30.8. The van der Waals surface area contributed by atoms with Crippen molar-refractivity contribution in [3.05, 3.63) is 82.2 Å². The lowest BCUT2D eigenvalue weighted by Gasteiger charge is -2.14. The highest BCUT2D eigenvalue weighted by Gasteiger charge is 2.20. The summed E-state index contributed by atoms with van der Waals surface area (Å²) in [7, 11) is -3.92. The van der Waals surface area contributed by atoms with Crippen LogP contribution >= 0.6 is 0 Å². The number of nitrogens with zero attached hydrogens (tertiary/aromatic N) is 2. The predicted molar refractivity (Wildman–Crippen MR) is 113 cm³/mol. The number of hydrogen-bond acceptors (Lipinski definition) is 4. The van der Waals surface area contributed by atoms with Gasteiger partial charge in [-0.1, -0.05) is 0 Å². The molecule has 0 saturated carbocycles. The molecule has 2 aromatic heterocycles. The van der Waals surface area contributed by atoms with Crippen molar-refractivity contribution < 1.29 is 8.42 Å². The van der Waals surface area contributed by atoms with Crippen molar-refractivity contribution in [1.82, 2.24) is 14.5 Å². The smallest absolute Gasteiger partial charge is 0.263 e. The van der Waals surface area contributed by atoms with E-state index in [1.54, 1.807) is 37.6 Å². The standard InChI is InChI=1S/C21H20N4O3S/c1-13-8-17-14(2)11-20(26)23-21(17)19(9-13)29(27,28)24-16-4-5-18(15(3)10-16)25-7-6-22-12-25/h4-12,24H,1-3H3,(H,23,26). The number of aromatic nitrogens is 3. The fraction of sp³-hybridized carbons (Fsp3) is 0.143. The number of sulfonamides is 1. The van der Waals surface area contributed by atoms with Gasteiger partial charge in [-0.2, -0.15) is 0 Å². The average Bonchev–Trinajstić information content (AvgIpc) is 3.16. The molecule has 0 amide bonds. The van der Waals surface area contributed by atoms with Crippen LogP contribution < -0.4 is 10.3 Å². The minimum Gasteiger partial charge on any atom is -0.321 e. The van der Waals surface area contributed by atoms with E-state index >= 15 is 0 Å². The number of aromatic amines is 1. The number of hydrogen-bond donors (Lipinski definition) is 2. The van der Waals surface area contributed by atoms with Crippen LogP contribution in [0.25, 0.3) is 16.6 Å². The Kier molecular flexibility index (Phi) is 4.50. The highest BCUT2D eigenvalue weighted by atomic mass is 32.2. The molecule has 2 heterocycles. The molecule has 2 aromatic carbocycles. The first kappa shape index (κ1) is 18.9. The van der Waals surface area contributed by atoms with Gasteiger partial charge in [0.05, 0.1) is 11.8 Å². The predicted octanol–water partition coefficient (Wildman–Crippen LogP) is 3.44. The van der Waals surface area contributed by atoms with E-state index in [9.17, 15) is 13.2 Å². The van der Waals surface area contributed by atoms with Gasteiger partial charge in [0.25, 0.3) is 10.0 Å². The quantitative estimate of drug-likeness (QED) is 0.541. The maximum absolute atomic E-state index is 13.2. The Morgan fingerprint density at radius 2 is 1.83 bits per heavy atom. The van der Waals surface area contributed by atoms with Gasteiger partial charge in [-0.25, -0.2) is 13.4 Å². The van der Waals surface area contributed by atoms with Gasteiger partial charge in [-0.3, -0.25) is 9.52 Å². The lowest BCUT2D eigenvalue weighted by molar-refractivity contribution is 0.602. The van der Waals surface area contributed by atoms with Gasteiger partial charge in [-0.05, 0) is 67.8 Å². The second-order valence-electron chi connectivity index (χ2n) is 7.08. The van der Waals surface area contributed by atoms with Gasteiger partial charge in [0, 0.05) is 35.2 Å². The van der Waals surface area contributed by atoms with Crippen molar-refractivity contribution in [2.24, 2.45) is 0 Å². The normalized spacial score (nSPS) is 11.7. The maximum atomic E-state index is 13.2. The van der Waals surface area contributed by atoms with E-state index in [2.05, 4.69) is 14.7 Å². The lowest BCUT2D eigenvalue weighted by Crippen LogP contribution is -2.16. The zero-order chi connectivity index (χ0) is 20.8. The zero-order valence-corrected chi connectivity index (χ0v) is 17.0. The van der Waals surface area contributed by atoms with E-state index in [1.807, 2.05) is 36.7 Å². The van der Waals surface area contributed by atoms with Crippen LogP contribution in [-0.2, 0) is 10.0 Å². The van der Waals surface area contributed by atoms with Crippen LogP contribution in [0.4, 0.5) is 5.69 Å². The first-order valence-corrected chi connectivity index (χ1v) is 10.5. The van der Waals surface area contributed by atoms with E-state index in [0.29, 0.717) is 16.6 Å². The molecule has 2 N–H and O–H groups in total. The number of H-pyrrole nitrogens is 1. The van der Waals surface area contributed by atoms with E-state index in [1.165, 1.54) is 6.07 Å². The molecular formula is C21H20N4O3S. The summed E-state index contributed by atoms with van der Waals surface area (Å²) >= 11 is 0. The van der Waals surface area contributed by atoms with Crippen LogP contribution in [0, 0.1) is 20.8 Å². The molecular weight excluding hydrogens is 388 g/mol. The molecule has 0 fully saturated rings. The van der Waals surface area contributed by atoms with Gasteiger partial charge in [-0.15, -0.1) is 0 Å². The molecule has 7 nitrogen and oxygen atoms in total.